The van der Waals surface area contributed by atoms with Crippen LogP contribution in [0, 0.1) is 50.7 Å². The molecule has 5 saturated carbocycles. The van der Waals surface area contributed by atoms with Gasteiger partial charge in [-0.15, -0.1) is 0 Å². The van der Waals surface area contributed by atoms with Crippen LogP contribution < -0.4 is 0 Å². The number of aliphatic hydroxyl groups excluding tert-OH is 2. The predicted octanol–water partition coefficient (Wildman–Crippen LogP) is 4.42. The van der Waals surface area contributed by atoms with Crippen molar-refractivity contribution in [3.8, 4) is 0 Å². The van der Waals surface area contributed by atoms with Crippen molar-refractivity contribution in [1.29, 1.82) is 0 Å². The standard InChI is InChI=1S/C36H58O9/c1-20-17-22(30(32(5,6)41)43-21(2)39)44-28-27(20)33(7)13-14-36-19-35(36)12-11-25(45-26(18-38)42-16-15-37)31(3,4)23(35)9-10-24(36)34(33,8)29(28)40/h18,20,22-30,37,40-41H,9-17,19H2,1-8H3/t20-,22-,23+,24+,25+,26+,27-,28+,29+,30+,33-,34-,35-,36+/m1/s1. The second kappa shape index (κ2) is 11.0. The number of aliphatic hydroxyl groups is 3. The van der Waals surface area contributed by atoms with Crippen LogP contribution in [0.1, 0.15) is 107 Å². The number of rotatable bonds is 9. The van der Waals surface area contributed by atoms with Crippen molar-refractivity contribution in [3.63, 3.8) is 0 Å². The van der Waals surface area contributed by atoms with Gasteiger partial charge in [0.1, 0.15) is 0 Å². The third-order valence-electron chi connectivity index (χ3n) is 14.9. The highest BCUT2D eigenvalue weighted by Crippen LogP contribution is 2.89. The van der Waals surface area contributed by atoms with Crippen LogP contribution in [0.3, 0.4) is 0 Å². The molecule has 6 rings (SSSR count). The number of aldehydes is 1. The van der Waals surface area contributed by atoms with E-state index in [1.165, 1.54) is 13.3 Å². The van der Waals surface area contributed by atoms with Crippen LogP contribution in [0.5, 0.6) is 0 Å². The van der Waals surface area contributed by atoms with Gasteiger partial charge < -0.3 is 34.3 Å². The van der Waals surface area contributed by atoms with E-state index in [0.29, 0.717) is 24.5 Å². The molecule has 0 bridgehead atoms. The Kier molecular flexibility index (Phi) is 8.23. The molecule has 5 aliphatic carbocycles. The first-order valence-corrected chi connectivity index (χ1v) is 17.5. The SMILES string of the molecule is CC(=O)O[C@@H]([C@H]1C[C@@H](C)[C@@H]2[C@H](O1)[C@H](O)[C@@]1(C)[C@@H]3CC[C@H]4C(C)(C)[C@@H](O[C@@H](C=O)OCCO)CC[C@@]45C[C@@]35CC[C@]21C)C(C)(C)O. The quantitative estimate of drug-likeness (QED) is 0.192. The van der Waals surface area contributed by atoms with Crippen molar-refractivity contribution in [3.05, 3.63) is 0 Å². The Labute approximate surface area is 269 Å². The Hall–Kier alpha value is -1.10. The molecule has 0 radical (unpaired) electrons. The molecular weight excluding hydrogens is 576 g/mol. The number of carbonyl (C=O) groups excluding carboxylic acids is 2. The molecule has 3 N–H and O–H groups in total. The lowest BCUT2D eigenvalue weighted by molar-refractivity contribution is -0.226. The lowest BCUT2D eigenvalue weighted by Crippen LogP contribution is -2.60. The van der Waals surface area contributed by atoms with Gasteiger partial charge in [-0.25, -0.2) is 0 Å². The fourth-order valence-corrected chi connectivity index (χ4v) is 13.0. The highest BCUT2D eigenvalue weighted by molar-refractivity contribution is 5.66. The second-order valence-electron chi connectivity index (χ2n) is 17.5. The van der Waals surface area contributed by atoms with Crippen molar-refractivity contribution >= 4 is 12.3 Å². The van der Waals surface area contributed by atoms with E-state index >= 15 is 0 Å². The summed E-state index contributed by atoms with van der Waals surface area (Å²) in [7, 11) is 0. The van der Waals surface area contributed by atoms with E-state index in [1.54, 1.807) is 13.8 Å². The molecule has 1 heterocycles. The van der Waals surface area contributed by atoms with E-state index in [1.807, 2.05) is 0 Å². The van der Waals surface area contributed by atoms with Gasteiger partial charge in [-0.3, -0.25) is 9.59 Å². The molecule has 0 aromatic carbocycles. The largest absolute Gasteiger partial charge is 0.457 e. The molecule has 0 aromatic heterocycles. The summed E-state index contributed by atoms with van der Waals surface area (Å²) in [6, 6.07) is 0. The minimum atomic E-state index is -1.28. The van der Waals surface area contributed by atoms with E-state index in [-0.39, 0.29) is 64.3 Å². The molecule has 0 amide bonds. The molecule has 6 fully saturated rings. The summed E-state index contributed by atoms with van der Waals surface area (Å²) in [5, 5.41) is 32.6. The van der Waals surface area contributed by atoms with Crippen LogP contribution in [-0.2, 0) is 28.5 Å². The Morgan fingerprint density at radius 2 is 1.73 bits per heavy atom. The summed E-state index contributed by atoms with van der Waals surface area (Å²) in [5.74, 6) is 0.796. The van der Waals surface area contributed by atoms with Gasteiger partial charge in [-0.2, -0.15) is 0 Å². The average molecular weight is 635 g/mol. The van der Waals surface area contributed by atoms with Gasteiger partial charge in [0, 0.05) is 12.3 Å². The van der Waals surface area contributed by atoms with Crippen LogP contribution >= 0.6 is 0 Å². The van der Waals surface area contributed by atoms with Crippen molar-refractivity contribution in [2.45, 2.75) is 149 Å². The summed E-state index contributed by atoms with van der Waals surface area (Å²) in [5.41, 5.74) is -1.47. The van der Waals surface area contributed by atoms with Crippen LogP contribution in [0.15, 0.2) is 0 Å². The Morgan fingerprint density at radius 3 is 2.36 bits per heavy atom. The monoisotopic (exact) mass is 634 g/mol. The maximum atomic E-state index is 12.5. The number of esters is 1. The minimum absolute atomic E-state index is 0.0711. The zero-order chi connectivity index (χ0) is 33.0. The van der Waals surface area contributed by atoms with Crippen LogP contribution in [-0.4, -0.2) is 83.2 Å². The summed E-state index contributed by atoms with van der Waals surface area (Å²) < 4.78 is 24.2. The molecule has 1 aliphatic heterocycles. The molecule has 1 saturated heterocycles. The Morgan fingerprint density at radius 1 is 1.07 bits per heavy atom. The number of ether oxygens (including phenoxy) is 4. The van der Waals surface area contributed by atoms with Gasteiger partial charge in [0.05, 0.1) is 43.2 Å². The molecule has 2 spiro atoms. The number of fused-ring (bicyclic) bond motifs is 4. The smallest absolute Gasteiger partial charge is 0.303 e. The van der Waals surface area contributed by atoms with E-state index in [4.69, 9.17) is 18.9 Å². The van der Waals surface area contributed by atoms with Crippen molar-refractivity contribution in [1.82, 2.24) is 0 Å². The molecular formula is C36H58O9. The minimum Gasteiger partial charge on any atom is -0.457 e. The number of hydrogen-bond acceptors (Lipinski definition) is 9. The Balaban J connectivity index is 1.27. The summed E-state index contributed by atoms with van der Waals surface area (Å²) in [6.45, 7) is 16.2. The lowest BCUT2D eigenvalue weighted by Gasteiger charge is -2.63. The van der Waals surface area contributed by atoms with Crippen LogP contribution in [0.2, 0.25) is 0 Å². The summed E-state index contributed by atoms with van der Waals surface area (Å²) in [6.07, 6.45) is 5.37. The van der Waals surface area contributed by atoms with Gasteiger partial charge in [-0.1, -0.05) is 34.6 Å². The maximum Gasteiger partial charge on any atom is 0.303 e. The maximum absolute atomic E-state index is 12.5. The molecule has 6 aliphatic rings. The zero-order valence-electron chi connectivity index (χ0n) is 28.7. The van der Waals surface area contributed by atoms with Gasteiger partial charge in [0.25, 0.3) is 0 Å². The summed E-state index contributed by atoms with van der Waals surface area (Å²) >= 11 is 0. The fraction of sp³-hybridized carbons (Fsp3) is 0.944. The molecule has 9 heteroatoms. The van der Waals surface area contributed by atoms with Gasteiger partial charge >= 0.3 is 5.97 Å². The highest BCUT2D eigenvalue weighted by Gasteiger charge is 2.84. The first kappa shape index (κ1) is 33.8. The van der Waals surface area contributed by atoms with Gasteiger partial charge in [0.15, 0.2) is 12.4 Å². The normalized spacial score (nSPS) is 49.3. The highest BCUT2D eigenvalue weighted by atomic mass is 16.7. The van der Waals surface area contributed by atoms with Crippen LogP contribution in [0.4, 0.5) is 0 Å². The van der Waals surface area contributed by atoms with Gasteiger partial charge in [0.2, 0.25) is 6.29 Å². The van der Waals surface area contributed by atoms with Crippen molar-refractivity contribution in [2.24, 2.45) is 50.7 Å². The average Bonchev–Trinajstić information content (AvgIpc) is 3.59. The number of hydrogen-bond donors (Lipinski definition) is 3. The molecule has 14 atom stereocenters. The van der Waals surface area contributed by atoms with E-state index in [0.717, 1.165) is 38.5 Å². The first-order valence-electron chi connectivity index (χ1n) is 17.5. The fourth-order valence-electron chi connectivity index (χ4n) is 13.0. The zero-order valence-corrected chi connectivity index (χ0v) is 28.7. The molecule has 0 unspecified atom stereocenters. The third kappa shape index (κ3) is 4.60. The van der Waals surface area contributed by atoms with Crippen molar-refractivity contribution < 1.29 is 43.9 Å². The third-order valence-corrected chi connectivity index (χ3v) is 14.9. The van der Waals surface area contributed by atoms with Gasteiger partial charge in [-0.05, 0) is 111 Å². The Bertz CT molecular complexity index is 1170. The van der Waals surface area contributed by atoms with Crippen LogP contribution in [0.25, 0.3) is 0 Å². The predicted molar refractivity (Wildman–Crippen MR) is 166 cm³/mol. The molecule has 0 aromatic rings. The van der Waals surface area contributed by atoms with E-state index in [9.17, 15) is 24.9 Å². The van der Waals surface area contributed by atoms with Crippen molar-refractivity contribution in [2.75, 3.05) is 13.2 Å². The first-order chi connectivity index (χ1) is 20.9. The lowest BCUT2D eigenvalue weighted by atomic mass is 9.41. The molecule has 45 heavy (non-hydrogen) atoms. The molecule has 256 valence electrons. The number of carbonyl (C=O) groups is 2. The topological polar surface area (TPSA) is 132 Å². The summed E-state index contributed by atoms with van der Waals surface area (Å²) in [4.78, 5) is 23.8. The molecule has 9 nitrogen and oxygen atoms in total. The van der Waals surface area contributed by atoms with E-state index < -0.39 is 36.2 Å². The van der Waals surface area contributed by atoms with E-state index in [2.05, 4.69) is 34.6 Å². The second-order valence-corrected chi connectivity index (χ2v) is 17.5.